The maximum absolute atomic E-state index is 13.3. The summed E-state index contributed by atoms with van der Waals surface area (Å²) in [5.74, 6) is 1.24. The summed E-state index contributed by atoms with van der Waals surface area (Å²) in [4.78, 5) is 17.8. The molecule has 0 unspecified atom stereocenters. The van der Waals surface area contributed by atoms with Crippen molar-refractivity contribution in [2.24, 2.45) is 0 Å². The van der Waals surface area contributed by atoms with Gasteiger partial charge < -0.3 is 14.4 Å². The molecule has 1 saturated heterocycles. The highest BCUT2D eigenvalue weighted by Crippen LogP contribution is 2.37. The number of benzene rings is 3. The lowest BCUT2D eigenvalue weighted by atomic mass is 9.92. The van der Waals surface area contributed by atoms with Gasteiger partial charge in [0.1, 0.15) is 11.5 Å². The zero-order chi connectivity index (χ0) is 22.8. The van der Waals surface area contributed by atoms with Crippen molar-refractivity contribution >= 4 is 5.91 Å². The fourth-order valence-corrected chi connectivity index (χ4v) is 5.22. The van der Waals surface area contributed by atoms with Gasteiger partial charge in [-0.05, 0) is 47.2 Å². The number of nitrogens with zero attached hydrogens (tertiary/aromatic N) is 2. The van der Waals surface area contributed by atoms with Gasteiger partial charge in [-0.25, -0.2) is 0 Å². The lowest BCUT2D eigenvalue weighted by Crippen LogP contribution is -2.50. The molecule has 0 radical (unpaired) electrons. The van der Waals surface area contributed by atoms with Crippen molar-refractivity contribution in [1.82, 2.24) is 9.80 Å². The van der Waals surface area contributed by atoms with E-state index in [1.165, 1.54) is 22.3 Å². The van der Waals surface area contributed by atoms with Gasteiger partial charge in [0, 0.05) is 32.2 Å². The molecule has 1 amide bonds. The Hall–Kier alpha value is -3.31. The number of hydrogen-bond acceptors (Lipinski definition) is 4. The van der Waals surface area contributed by atoms with E-state index in [1.54, 1.807) is 26.4 Å². The summed E-state index contributed by atoms with van der Waals surface area (Å²) in [7, 11) is 3.20. The van der Waals surface area contributed by atoms with Gasteiger partial charge in [0.15, 0.2) is 0 Å². The second-order valence-electron chi connectivity index (χ2n) is 8.69. The smallest absolute Gasteiger partial charge is 0.257 e. The van der Waals surface area contributed by atoms with Gasteiger partial charge >= 0.3 is 0 Å². The Labute approximate surface area is 195 Å². The standard InChI is InChI=1S/C28H30N2O3/c1-32-22-13-14-25(26(19-22)33-2)28(31)30-17-15-29(16-18-30)27-23-9-5-3-7-20(23)11-12-21-8-4-6-10-24(21)27/h3-10,13-14,19,27H,11-12,15-18H2,1-2H3. The number of ether oxygens (including phenoxy) is 2. The van der Waals surface area contributed by atoms with Crippen molar-refractivity contribution in [3.63, 3.8) is 0 Å². The Morgan fingerprint density at radius 3 is 1.97 bits per heavy atom. The Morgan fingerprint density at radius 2 is 1.39 bits per heavy atom. The third-order valence-corrected chi connectivity index (χ3v) is 6.97. The van der Waals surface area contributed by atoms with Crippen molar-refractivity contribution in [3.8, 4) is 11.5 Å². The zero-order valence-corrected chi connectivity index (χ0v) is 19.3. The van der Waals surface area contributed by atoms with Crippen molar-refractivity contribution < 1.29 is 14.3 Å². The minimum absolute atomic E-state index is 0.0100. The van der Waals surface area contributed by atoms with E-state index in [0.29, 0.717) is 30.2 Å². The predicted molar refractivity (Wildman–Crippen MR) is 129 cm³/mol. The summed E-state index contributed by atoms with van der Waals surface area (Å²) in [6.07, 6.45) is 2.14. The number of aryl methyl sites for hydroxylation is 2. The molecular weight excluding hydrogens is 412 g/mol. The van der Waals surface area contributed by atoms with Gasteiger partial charge in [-0.1, -0.05) is 48.5 Å². The number of amides is 1. The number of fused-ring (bicyclic) bond motifs is 2. The molecule has 5 rings (SSSR count). The largest absolute Gasteiger partial charge is 0.497 e. The monoisotopic (exact) mass is 442 g/mol. The molecule has 0 bridgehead atoms. The van der Waals surface area contributed by atoms with E-state index < -0.39 is 0 Å². The summed E-state index contributed by atoms with van der Waals surface area (Å²) in [5.41, 5.74) is 6.25. The van der Waals surface area contributed by atoms with Crippen LogP contribution in [-0.2, 0) is 12.8 Å². The molecule has 33 heavy (non-hydrogen) atoms. The van der Waals surface area contributed by atoms with Crippen LogP contribution in [0.15, 0.2) is 66.7 Å². The molecule has 0 atom stereocenters. The molecule has 1 aliphatic carbocycles. The molecule has 5 nitrogen and oxygen atoms in total. The number of hydrogen-bond donors (Lipinski definition) is 0. The first-order valence-corrected chi connectivity index (χ1v) is 11.6. The molecule has 2 aliphatic rings. The summed E-state index contributed by atoms with van der Waals surface area (Å²) >= 11 is 0. The van der Waals surface area contributed by atoms with Crippen molar-refractivity contribution in [2.75, 3.05) is 40.4 Å². The van der Waals surface area contributed by atoms with Gasteiger partial charge in [0.2, 0.25) is 0 Å². The number of methoxy groups -OCH3 is 2. The minimum Gasteiger partial charge on any atom is -0.497 e. The quantitative estimate of drug-likeness (QED) is 0.603. The van der Waals surface area contributed by atoms with Crippen LogP contribution >= 0.6 is 0 Å². The molecule has 170 valence electrons. The average molecular weight is 443 g/mol. The number of piperazine rings is 1. The van der Waals surface area contributed by atoms with Gasteiger partial charge in [-0.3, -0.25) is 9.69 Å². The summed E-state index contributed by atoms with van der Waals surface area (Å²) in [6, 6.07) is 23.3. The van der Waals surface area contributed by atoms with E-state index in [9.17, 15) is 4.79 Å². The molecule has 0 spiro atoms. The number of rotatable bonds is 4. The first kappa shape index (κ1) is 21.5. The van der Waals surface area contributed by atoms with Crippen LogP contribution in [0.2, 0.25) is 0 Å². The Kier molecular flexibility index (Phi) is 6.05. The summed E-state index contributed by atoms with van der Waals surface area (Å²) in [6.45, 7) is 3.04. The van der Waals surface area contributed by atoms with Crippen LogP contribution in [-0.4, -0.2) is 56.1 Å². The van der Waals surface area contributed by atoms with E-state index in [-0.39, 0.29) is 11.9 Å². The minimum atomic E-state index is 0.0100. The van der Waals surface area contributed by atoms with E-state index in [0.717, 1.165) is 25.9 Å². The van der Waals surface area contributed by atoms with Gasteiger partial charge in [-0.15, -0.1) is 0 Å². The fraction of sp³-hybridized carbons (Fsp3) is 0.321. The van der Waals surface area contributed by atoms with Crippen molar-refractivity contribution in [3.05, 3.63) is 94.5 Å². The van der Waals surface area contributed by atoms with E-state index in [4.69, 9.17) is 9.47 Å². The molecule has 1 aliphatic heterocycles. The second kappa shape index (κ2) is 9.28. The first-order chi connectivity index (χ1) is 16.2. The molecular formula is C28H30N2O3. The van der Waals surface area contributed by atoms with Crippen LogP contribution in [0.25, 0.3) is 0 Å². The topological polar surface area (TPSA) is 42.0 Å². The second-order valence-corrected chi connectivity index (χ2v) is 8.69. The van der Waals surface area contributed by atoms with Crippen LogP contribution in [0.5, 0.6) is 11.5 Å². The third-order valence-electron chi connectivity index (χ3n) is 6.97. The SMILES string of the molecule is COc1ccc(C(=O)N2CCN(C3c4ccccc4CCc4ccccc43)CC2)c(OC)c1. The van der Waals surface area contributed by atoms with Crippen LogP contribution < -0.4 is 9.47 Å². The van der Waals surface area contributed by atoms with E-state index in [2.05, 4.69) is 53.4 Å². The zero-order valence-electron chi connectivity index (χ0n) is 19.3. The lowest BCUT2D eigenvalue weighted by Gasteiger charge is -2.40. The van der Waals surface area contributed by atoms with Gasteiger partial charge in [-0.2, -0.15) is 0 Å². The first-order valence-electron chi connectivity index (χ1n) is 11.6. The van der Waals surface area contributed by atoms with E-state index in [1.807, 2.05) is 11.0 Å². The average Bonchev–Trinajstić information content (AvgIpc) is 3.05. The highest BCUT2D eigenvalue weighted by molar-refractivity contribution is 5.97. The van der Waals surface area contributed by atoms with Gasteiger partial charge in [0.25, 0.3) is 5.91 Å². The van der Waals surface area contributed by atoms with Crippen molar-refractivity contribution in [2.45, 2.75) is 18.9 Å². The molecule has 1 fully saturated rings. The van der Waals surface area contributed by atoms with Crippen LogP contribution in [0, 0.1) is 0 Å². The summed E-state index contributed by atoms with van der Waals surface area (Å²) in [5, 5.41) is 0. The van der Waals surface area contributed by atoms with Crippen LogP contribution in [0.3, 0.4) is 0 Å². The molecule has 3 aromatic carbocycles. The Bertz CT molecular complexity index is 1100. The molecule has 0 N–H and O–H groups in total. The molecule has 1 heterocycles. The fourth-order valence-electron chi connectivity index (χ4n) is 5.22. The normalized spacial score (nSPS) is 16.5. The Balaban J connectivity index is 1.38. The predicted octanol–water partition coefficient (Wildman–Crippen LogP) is 4.35. The summed E-state index contributed by atoms with van der Waals surface area (Å²) < 4.78 is 10.7. The highest BCUT2D eigenvalue weighted by Gasteiger charge is 2.32. The maximum atomic E-state index is 13.3. The Morgan fingerprint density at radius 1 is 0.788 bits per heavy atom. The highest BCUT2D eigenvalue weighted by atomic mass is 16.5. The van der Waals surface area contributed by atoms with Gasteiger partial charge in [0.05, 0.1) is 25.8 Å². The molecule has 5 heteroatoms. The van der Waals surface area contributed by atoms with Crippen molar-refractivity contribution in [1.29, 1.82) is 0 Å². The van der Waals surface area contributed by atoms with Crippen LogP contribution in [0.1, 0.15) is 38.7 Å². The maximum Gasteiger partial charge on any atom is 0.257 e. The van der Waals surface area contributed by atoms with Crippen LogP contribution in [0.4, 0.5) is 0 Å². The van der Waals surface area contributed by atoms with E-state index >= 15 is 0 Å². The molecule has 0 aromatic heterocycles. The molecule has 3 aromatic rings. The lowest BCUT2D eigenvalue weighted by molar-refractivity contribution is 0.0594. The number of carbonyl (C=O) groups excluding carboxylic acids is 1. The third kappa shape index (κ3) is 4.09. The molecule has 0 saturated carbocycles. The number of carbonyl (C=O) groups is 1.